The number of rotatable bonds is 7. The van der Waals surface area contributed by atoms with Crippen molar-refractivity contribution in [3.05, 3.63) is 89.0 Å². The number of carbonyl (C=O) groups excluding carboxylic acids is 1. The van der Waals surface area contributed by atoms with Crippen LogP contribution in [0.5, 0.6) is 0 Å². The number of hydrogen-bond donors (Lipinski definition) is 0. The molecule has 0 bridgehead atoms. The van der Waals surface area contributed by atoms with Crippen LogP contribution in [0.3, 0.4) is 0 Å². The van der Waals surface area contributed by atoms with Crippen molar-refractivity contribution < 1.29 is 41.0 Å². The fraction of sp³-hybridized carbons (Fsp3) is 0.150. The highest BCUT2D eigenvalue weighted by molar-refractivity contribution is 5.90. The van der Waals surface area contributed by atoms with Gasteiger partial charge in [0.15, 0.2) is 36.4 Å². The normalized spacial score (nSPS) is 12.1. The van der Waals surface area contributed by atoms with Crippen molar-refractivity contribution >= 4 is 5.97 Å². The van der Waals surface area contributed by atoms with Gasteiger partial charge in [-0.05, 0) is 18.2 Å². The minimum atomic E-state index is -2.38. The van der Waals surface area contributed by atoms with Crippen LogP contribution in [0.1, 0.15) is 22.2 Å². The Bertz CT molecular complexity index is 1030. The Kier molecular flexibility index (Phi) is 6.48. The van der Waals surface area contributed by atoms with Crippen molar-refractivity contribution in [2.45, 2.75) is 6.29 Å². The first-order chi connectivity index (χ1) is 14.4. The summed E-state index contributed by atoms with van der Waals surface area (Å²) < 4.78 is 83.8. The molecule has 0 saturated heterocycles. The van der Waals surface area contributed by atoms with Gasteiger partial charge in [0.25, 0.3) is 0 Å². The largest absolute Gasteiger partial charge is 0.435 e. The van der Waals surface area contributed by atoms with E-state index in [0.717, 1.165) is 0 Å². The van der Waals surface area contributed by atoms with Crippen molar-refractivity contribution in [1.82, 2.24) is 4.57 Å². The molecule has 0 aliphatic rings. The minimum absolute atomic E-state index is 0.531. The standard InChI is InChI=1S/C20H14F5NO4/c1-28-20(11-6-2-3-7-12(11)26-8-4-5-9-26)30-10-29-19(27)13-14(21)16(23)18(25)17(24)15(13)22/h2-9,20H,10H2,1H3. The van der Waals surface area contributed by atoms with Crippen LogP contribution in [0, 0.1) is 29.1 Å². The zero-order valence-electron chi connectivity index (χ0n) is 15.4. The second-order valence-electron chi connectivity index (χ2n) is 5.88. The van der Waals surface area contributed by atoms with E-state index in [9.17, 15) is 26.7 Å². The Hall–Kier alpha value is -3.24. The van der Waals surface area contributed by atoms with Gasteiger partial charge in [0.1, 0.15) is 5.56 Å². The van der Waals surface area contributed by atoms with Gasteiger partial charge in [-0.1, -0.05) is 18.2 Å². The van der Waals surface area contributed by atoms with Gasteiger partial charge in [0.2, 0.25) is 5.82 Å². The van der Waals surface area contributed by atoms with Gasteiger partial charge in [-0.3, -0.25) is 0 Å². The Labute approximate surface area is 167 Å². The highest BCUT2D eigenvalue weighted by Crippen LogP contribution is 2.26. The van der Waals surface area contributed by atoms with Crippen LogP contribution in [0.25, 0.3) is 5.69 Å². The number of nitrogens with zero attached hydrogens (tertiary/aromatic N) is 1. The number of ether oxygens (including phenoxy) is 3. The molecule has 0 amide bonds. The smallest absolute Gasteiger partial charge is 0.346 e. The quantitative estimate of drug-likeness (QED) is 0.181. The van der Waals surface area contributed by atoms with Gasteiger partial charge >= 0.3 is 5.97 Å². The third-order valence-electron chi connectivity index (χ3n) is 4.11. The van der Waals surface area contributed by atoms with Crippen LogP contribution < -0.4 is 0 Å². The summed E-state index contributed by atoms with van der Waals surface area (Å²) in [5.74, 6) is -13.3. The molecule has 10 heteroatoms. The predicted molar refractivity (Wildman–Crippen MR) is 93.1 cm³/mol. The molecule has 1 heterocycles. The third-order valence-corrected chi connectivity index (χ3v) is 4.11. The predicted octanol–water partition coefficient (Wildman–Crippen LogP) is 4.65. The summed E-state index contributed by atoms with van der Waals surface area (Å²) in [4.78, 5) is 11.9. The molecule has 0 aliphatic heterocycles. The topological polar surface area (TPSA) is 49.7 Å². The average Bonchev–Trinajstić information content (AvgIpc) is 3.29. The van der Waals surface area contributed by atoms with E-state index in [0.29, 0.717) is 11.3 Å². The number of aromatic nitrogens is 1. The molecule has 1 atom stereocenters. The highest BCUT2D eigenvalue weighted by Gasteiger charge is 2.31. The van der Waals surface area contributed by atoms with Crippen molar-refractivity contribution in [3.63, 3.8) is 0 Å². The van der Waals surface area contributed by atoms with Crippen molar-refractivity contribution in [2.24, 2.45) is 0 Å². The summed E-state index contributed by atoms with van der Waals surface area (Å²) in [5, 5.41) is 0. The van der Waals surface area contributed by atoms with Crippen LogP contribution >= 0.6 is 0 Å². The molecular formula is C20H14F5NO4. The first-order valence-corrected chi connectivity index (χ1v) is 8.42. The second kappa shape index (κ2) is 9.06. The lowest BCUT2D eigenvalue weighted by Gasteiger charge is -2.20. The maximum atomic E-state index is 13.7. The second-order valence-corrected chi connectivity index (χ2v) is 5.88. The number of esters is 1. The number of methoxy groups -OCH3 is 1. The van der Waals surface area contributed by atoms with Gasteiger partial charge in [-0.15, -0.1) is 0 Å². The van der Waals surface area contributed by atoms with E-state index in [4.69, 9.17) is 9.47 Å². The fourth-order valence-electron chi connectivity index (χ4n) is 2.71. The Morgan fingerprint density at radius 1 is 0.900 bits per heavy atom. The number of hydrogen-bond acceptors (Lipinski definition) is 4. The zero-order valence-corrected chi connectivity index (χ0v) is 15.4. The van der Waals surface area contributed by atoms with Crippen molar-refractivity contribution in [3.8, 4) is 5.69 Å². The molecule has 5 nitrogen and oxygen atoms in total. The van der Waals surface area contributed by atoms with Gasteiger partial charge in [-0.2, -0.15) is 0 Å². The van der Waals surface area contributed by atoms with Crippen LogP contribution in [0.2, 0.25) is 0 Å². The number of carbonyl (C=O) groups is 1. The monoisotopic (exact) mass is 427 g/mol. The molecule has 3 rings (SSSR count). The number of halogens is 5. The lowest BCUT2D eigenvalue weighted by Crippen LogP contribution is -2.18. The molecule has 0 N–H and O–H groups in total. The van der Waals surface area contributed by atoms with Gasteiger partial charge in [0, 0.05) is 25.1 Å². The van der Waals surface area contributed by atoms with E-state index in [1.807, 2.05) is 0 Å². The van der Waals surface area contributed by atoms with E-state index in [1.165, 1.54) is 7.11 Å². The summed E-state index contributed by atoms with van der Waals surface area (Å²) in [5.41, 5.74) is -0.499. The van der Waals surface area contributed by atoms with Crippen LogP contribution in [-0.4, -0.2) is 24.4 Å². The van der Waals surface area contributed by atoms with E-state index >= 15 is 0 Å². The van der Waals surface area contributed by atoms with Crippen LogP contribution in [0.15, 0.2) is 48.8 Å². The average molecular weight is 427 g/mol. The molecule has 0 radical (unpaired) electrons. The van der Waals surface area contributed by atoms with E-state index in [-0.39, 0.29) is 0 Å². The fourth-order valence-corrected chi connectivity index (χ4v) is 2.71. The molecule has 1 unspecified atom stereocenters. The summed E-state index contributed by atoms with van der Waals surface area (Å²) in [6.07, 6.45) is 2.48. The lowest BCUT2D eigenvalue weighted by molar-refractivity contribution is -0.173. The number of para-hydroxylation sites is 1. The molecule has 1 aromatic heterocycles. The minimum Gasteiger partial charge on any atom is -0.435 e. The molecule has 0 saturated carbocycles. The molecule has 158 valence electrons. The molecule has 30 heavy (non-hydrogen) atoms. The SMILES string of the molecule is COC(OCOC(=O)c1c(F)c(F)c(F)c(F)c1F)c1ccccc1-n1cccc1. The maximum absolute atomic E-state index is 13.7. The summed E-state index contributed by atoms with van der Waals surface area (Å²) in [7, 11) is 1.31. The van der Waals surface area contributed by atoms with Crippen LogP contribution in [-0.2, 0) is 14.2 Å². The van der Waals surface area contributed by atoms with E-state index < -0.39 is 53.7 Å². The summed E-state index contributed by atoms with van der Waals surface area (Å²) >= 11 is 0. The highest BCUT2D eigenvalue weighted by atomic mass is 19.2. The summed E-state index contributed by atoms with van der Waals surface area (Å²) in [6.45, 7) is -0.878. The van der Waals surface area contributed by atoms with Gasteiger partial charge in [0.05, 0.1) is 5.69 Å². The zero-order chi connectivity index (χ0) is 21.8. The van der Waals surface area contributed by atoms with Gasteiger partial charge in [-0.25, -0.2) is 26.7 Å². The van der Waals surface area contributed by atoms with Crippen molar-refractivity contribution in [2.75, 3.05) is 13.9 Å². The Balaban J connectivity index is 1.75. The van der Waals surface area contributed by atoms with Crippen molar-refractivity contribution in [1.29, 1.82) is 0 Å². The Morgan fingerprint density at radius 2 is 1.47 bits per heavy atom. The molecule has 0 aliphatic carbocycles. The molecular weight excluding hydrogens is 413 g/mol. The molecule has 0 fully saturated rings. The third kappa shape index (κ3) is 4.05. The first kappa shape index (κ1) is 21.5. The maximum Gasteiger partial charge on any atom is 0.346 e. The molecule has 2 aromatic carbocycles. The molecule has 3 aromatic rings. The van der Waals surface area contributed by atoms with E-state index in [2.05, 4.69) is 4.74 Å². The summed E-state index contributed by atoms with van der Waals surface area (Å²) in [6, 6.07) is 10.5. The van der Waals surface area contributed by atoms with Gasteiger partial charge < -0.3 is 18.8 Å². The Morgan fingerprint density at radius 3 is 2.07 bits per heavy atom. The molecule has 0 spiro atoms. The first-order valence-electron chi connectivity index (χ1n) is 8.42. The van der Waals surface area contributed by atoms with E-state index in [1.54, 1.807) is 53.4 Å². The number of benzene rings is 2. The lowest BCUT2D eigenvalue weighted by atomic mass is 10.1. The van der Waals surface area contributed by atoms with Crippen LogP contribution in [0.4, 0.5) is 22.0 Å².